The lowest BCUT2D eigenvalue weighted by atomic mass is 9.95. The molecule has 0 aromatic carbocycles. The zero-order valence-electron chi connectivity index (χ0n) is 13.7. The van der Waals surface area contributed by atoms with E-state index in [1.54, 1.807) is 6.20 Å². The van der Waals surface area contributed by atoms with Gasteiger partial charge in [-0.3, -0.25) is 4.98 Å². The highest BCUT2D eigenvalue weighted by atomic mass is 16.5. The standard InChI is InChI=1S/C16H19N5O2/c1-16(2,3)15-18-5-10-8-21(9-12(10)20-15)13-7-17-6-11(19-13)14(22)23-4/h5-7H,8-9H2,1-4H3. The second-order valence-electron chi connectivity index (χ2n) is 6.53. The van der Waals surface area contributed by atoms with Gasteiger partial charge in [-0.2, -0.15) is 0 Å². The minimum absolute atomic E-state index is 0.0902. The number of hydrogen-bond donors (Lipinski definition) is 0. The van der Waals surface area contributed by atoms with Crippen LogP contribution in [-0.2, 0) is 23.2 Å². The molecule has 0 spiro atoms. The van der Waals surface area contributed by atoms with E-state index in [2.05, 4.69) is 45.4 Å². The minimum Gasteiger partial charge on any atom is -0.464 e. The zero-order valence-corrected chi connectivity index (χ0v) is 13.7. The zero-order chi connectivity index (χ0) is 16.6. The van der Waals surface area contributed by atoms with Gasteiger partial charge in [0.2, 0.25) is 0 Å². The molecular formula is C16H19N5O2. The highest BCUT2D eigenvalue weighted by Crippen LogP contribution is 2.27. The number of ether oxygens (including phenoxy) is 1. The van der Waals surface area contributed by atoms with E-state index in [0.717, 1.165) is 17.1 Å². The van der Waals surface area contributed by atoms with Gasteiger partial charge in [-0.15, -0.1) is 0 Å². The minimum atomic E-state index is -0.495. The van der Waals surface area contributed by atoms with Crippen molar-refractivity contribution in [3.05, 3.63) is 41.4 Å². The van der Waals surface area contributed by atoms with Gasteiger partial charge >= 0.3 is 5.97 Å². The van der Waals surface area contributed by atoms with Crippen molar-refractivity contribution in [2.75, 3.05) is 12.0 Å². The lowest BCUT2D eigenvalue weighted by molar-refractivity contribution is 0.0593. The van der Waals surface area contributed by atoms with Crippen molar-refractivity contribution in [3.63, 3.8) is 0 Å². The van der Waals surface area contributed by atoms with E-state index in [-0.39, 0.29) is 11.1 Å². The van der Waals surface area contributed by atoms with Crippen LogP contribution in [0, 0.1) is 0 Å². The molecule has 7 heteroatoms. The third-order valence-corrected chi connectivity index (χ3v) is 3.67. The third-order valence-electron chi connectivity index (χ3n) is 3.67. The Labute approximate surface area is 134 Å². The maximum Gasteiger partial charge on any atom is 0.358 e. The largest absolute Gasteiger partial charge is 0.464 e. The fourth-order valence-electron chi connectivity index (χ4n) is 2.39. The predicted molar refractivity (Wildman–Crippen MR) is 84.0 cm³/mol. The van der Waals surface area contributed by atoms with Gasteiger partial charge < -0.3 is 9.64 Å². The topological polar surface area (TPSA) is 81.1 Å². The van der Waals surface area contributed by atoms with Crippen LogP contribution in [-0.4, -0.2) is 33.0 Å². The second kappa shape index (κ2) is 5.57. The van der Waals surface area contributed by atoms with Gasteiger partial charge in [0.15, 0.2) is 5.69 Å². The predicted octanol–water partition coefficient (Wildman–Crippen LogP) is 1.87. The summed E-state index contributed by atoms with van der Waals surface area (Å²) >= 11 is 0. The summed E-state index contributed by atoms with van der Waals surface area (Å²) in [7, 11) is 1.33. The third kappa shape index (κ3) is 2.99. The fraction of sp³-hybridized carbons (Fsp3) is 0.438. The van der Waals surface area contributed by atoms with Crippen molar-refractivity contribution in [3.8, 4) is 0 Å². The Morgan fingerprint density at radius 1 is 1.17 bits per heavy atom. The lowest BCUT2D eigenvalue weighted by Crippen LogP contribution is -2.18. The SMILES string of the molecule is COC(=O)c1cncc(N2Cc3cnc(C(C)(C)C)nc3C2)n1. The molecule has 0 amide bonds. The number of anilines is 1. The van der Waals surface area contributed by atoms with E-state index in [9.17, 15) is 4.79 Å². The van der Waals surface area contributed by atoms with Gasteiger partial charge in [0.25, 0.3) is 0 Å². The molecular weight excluding hydrogens is 294 g/mol. The molecule has 0 aliphatic carbocycles. The molecule has 0 saturated carbocycles. The van der Waals surface area contributed by atoms with Crippen LogP contribution < -0.4 is 4.90 Å². The Morgan fingerprint density at radius 3 is 2.65 bits per heavy atom. The summed E-state index contributed by atoms with van der Waals surface area (Å²) in [5, 5.41) is 0. The number of hydrogen-bond acceptors (Lipinski definition) is 7. The van der Waals surface area contributed by atoms with Crippen LogP contribution in [0.2, 0.25) is 0 Å². The summed E-state index contributed by atoms with van der Waals surface area (Å²) in [5.41, 5.74) is 2.17. The van der Waals surface area contributed by atoms with E-state index in [0.29, 0.717) is 18.9 Å². The molecule has 0 bridgehead atoms. The highest BCUT2D eigenvalue weighted by molar-refractivity contribution is 5.87. The van der Waals surface area contributed by atoms with Gasteiger partial charge in [0, 0.05) is 23.7 Å². The summed E-state index contributed by atoms with van der Waals surface area (Å²) in [6.07, 6.45) is 4.91. The average molecular weight is 313 g/mol. The summed E-state index contributed by atoms with van der Waals surface area (Å²) in [6.45, 7) is 7.55. The van der Waals surface area contributed by atoms with Gasteiger partial charge in [-0.05, 0) is 0 Å². The molecule has 0 radical (unpaired) electrons. The van der Waals surface area contributed by atoms with Crippen LogP contribution in [0.4, 0.5) is 5.82 Å². The van der Waals surface area contributed by atoms with Crippen LogP contribution in [0.3, 0.4) is 0 Å². The molecule has 0 atom stereocenters. The maximum atomic E-state index is 11.6. The van der Waals surface area contributed by atoms with Crippen LogP contribution in [0.15, 0.2) is 18.6 Å². The normalized spacial score (nSPS) is 13.8. The molecule has 3 heterocycles. The Kier molecular flexibility index (Phi) is 3.71. The number of nitrogens with zero attached hydrogens (tertiary/aromatic N) is 5. The number of aromatic nitrogens is 4. The van der Waals surface area contributed by atoms with Crippen molar-refractivity contribution in [1.82, 2.24) is 19.9 Å². The number of methoxy groups -OCH3 is 1. The van der Waals surface area contributed by atoms with E-state index < -0.39 is 5.97 Å². The van der Waals surface area contributed by atoms with Gasteiger partial charge in [-0.25, -0.2) is 19.7 Å². The van der Waals surface area contributed by atoms with Crippen molar-refractivity contribution in [1.29, 1.82) is 0 Å². The molecule has 0 N–H and O–H groups in total. The first-order valence-electron chi connectivity index (χ1n) is 7.39. The first-order chi connectivity index (χ1) is 10.9. The number of fused-ring (bicyclic) bond motifs is 1. The Hall–Kier alpha value is -2.57. The van der Waals surface area contributed by atoms with Crippen molar-refractivity contribution in [2.24, 2.45) is 0 Å². The molecule has 3 rings (SSSR count). The van der Waals surface area contributed by atoms with Crippen LogP contribution in [0.1, 0.15) is 48.3 Å². The molecule has 2 aromatic rings. The number of carbonyl (C=O) groups excluding carboxylic acids is 1. The van der Waals surface area contributed by atoms with E-state index in [1.807, 2.05) is 11.1 Å². The van der Waals surface area contributed by atoms with E-state index in [4.69, 9.17) is 0 Å². The van der Waals surface area contributed by atoms with Crippen molar-refractivity contribution >= 4 is 11.8 Å². The van der Waals surface area contributed by atoms with Crippen LogP contribution >= 0.6 is 0 Å². The molecule has 1 aliphatic rings. The molecule has 0 fully saturated rings. The van der Waals surface area contributed by atoms with Gasteiger partial charge in [-0.1, -0.05) is 20.8 Å². The second-order valence-corrected chi connectivity index (χ2v) is 6.53. The highest BCUT2D eigenvalue weighted by Gasteiger charge is 2.26. The summed E-state index contributed by atoms with van der Waals surface area (Å²) < 4.78 is 4.69. The molecule has 0 saturated heterocycles. The lowest BCUT2D eigenvalue weighted by Gasteiger charge is -2.16. The first-order valence-corrected chi connectivity index (χ1v) is 7.39. The van der Waals surface area contributed by atoms with Gasteiger partial charge in [0.1, 0.15) is 11.6 Å². The summed E-state index contributed by atoms with van der Waals surface area (Å²) in [5.74, 6) is 0.960. The molecule has 0 unspecified atom stereocenters. The average Bonchev–Trinajstić information content (AvgIpc) is 2.96. The maximum absolute atomic E-state index is 11.6. The first kappa shape index (κ1) is 15.3. The van der Waals surface area contributed by atoms with Crippen LogP contribution in [0.5, 0.6) is 0 Å². The summed E-state index contributed by atoms with van der Waals surface area (Å²) in [4.78, 5) is 31.1. The van der Waals surface area contributed by atoms with Crippen LogP contribution in [0.25, 0.3) is 0 Å². The Bertz CT molecular complexity index is 754. The molecule has 1 aliphatic heterocycles. The van der Waals surface area contributed by atoms with E-state index in [1.165, 1.54) is 13.3 Å². The van der Waals surface area contributed by atoms with E-state index >= 15 is 0 Å². The molecule has 2 aromatic heterocycles. The Morgan fingerprint density at radius 2 is 1.96 bits per heavy atom. The smallest absolute Gasteiger partial charge is 0.358 e. The van der Waals surface area contributed by atoms with Crippen molar-refractivity contribution < 1.29 is 9.53 Å². The number of esters is 1. The quantitative estimate of drug-likeness (QED) is 0.783. The monoisotopic (exact) mass is 313 g/mol. The Balaban J connectivity index is 1.86. The fourth-order valence-corrected chi connectivity index (χ4v) is 2.39. The van der Waals surface area contributed by atoms with Gasteiger partial charge in [0.05, 0.1) is 31.7 Å². The molecule has 23 heavy (non-hydrogen) atoms. The number of carbonyl (C=O) groups is 1. The molecule has 7 nitrogen and oxygen atoms in total. The molecule has 120 valence electrons. The number of rotatable bonds is 2. The van der Waals surface area contributed by atoms with Crippen molar-refractivity contribution in [2.45, 2.75) is 39.3 Å². The summed E-state index contributed by atoms with van der Waals surface area (Å²) in [6, 6.07) is 0.